The molecular weight excluding hydrogens is 168 g/mol. The van der Waals surface area contributed by atoms with Crippen molar-refractivity contribution in [2.24, 2.45) is 0 Å². The molecule has 1 radical (unpaired) electrons. The van der Waals surface area contributed by atoms with Crippen LogP contribution < -0.4 is 10.4 Å². The summed E-state index contributed by atoms with van der Waals surface area (Å²) in [6.45, 7) is 0. The zero-order valence-electron chi connectivity index (χ0n) is 7.03. The summed E-state index contributed by atoms with van der Waals surface area (Å²) < 4.78 is 9.90. The highest BCUT2D eigenvalue weighted by Crippen LogP contribution is 2.17. The summed E-state index contributed by atoms with van der Waals surface area (Å²) in [6.07, 6.45) is 0. The molecule has 0 atom stereocenters. The van der Waals surface area contributed by atoms with E-state index in [1.165, 1.54) is 6.07 Å². The third-order valence-electron chi connectivity index (χ3n) is 1.75. The third-order valence-corrected chi connectivity index (χ3v) is 1.75. The van der Waals surface area contributed by atoms with Crippen molar-refractivity contribution in [2.45, 2.75) is 0 Å². The second-order valence-electron chi connectivity index (χ2n) is 2.58. The Hall–Kier alpha value is -1.77. The molecule has 0 saturated heterocycles. The van der Waals surface area contributed by atoms with Crippen LogP contribution in [0.25, 0.3) is 11.0 Å². The Kier molecular flexibility index (Phi) is 1.77. The lowest BCUT2D eigenvalue weighted by atomic mass is 10.2. The van der Waals surface area contributed by atoms with Gasteiger partial charge in [0.2, 0.25) is 0 Å². The van der Waals surface area contributed by atoms with Crippen LogP contribution >= 0.6 is 0 Å². The molecule has 0 aliphatic rings. The Balaban J connectivity index is 2.73. The van der Waals surface area contributed by atoms with Crippen LogP contribution in [0.5, 0.6) is 5.75 Å². The monoisotopic (exact) mass is 175 g/mol. The van der Waals surface area contributed by atoms with Crippen molar-refractivity contribution in [3.8, 4) is 5.75 Å². The van der Waals surface area contributed by atoms with E-state index in [0.29, 0.717) is 11.3 Å². The number of ether oxygens (including phenoxy) is 1. The van der Waals surface area contributed by atoms with E-state index in [4.69, 9.17) is 9.15 Å². The van der Waals surface area contributed by atoms with Crippen molar-refractivity contribution >= 4 is 11.0 Å². The Bertz CT molecular complexity index is 485. The van der Waals surface area contributed by atoms with Gasteiger partial charge in [-0.05, 0) is 18.2 Å². The molecule has 0 aliphatic carbocycles. The van der Waals surface area contributed by atoms with Gasteiger partial charge in [-0.15, -0.1) is 0 Å². The van der Waals surface area contributed by atoms with Crippen LogP contribution in [-0.2, 0) is 0 Å². The highest BCUT2D eigenvalue weighted by atomic mass is 16.5. The van der Waals surface area contributed by atoms with Crippen LogP contribution in [0.15, 0.2) is 33.5 Å². The van der Waals surface area contributed by atoms with Crippen molar-refractivity contribution in [3.63, 3.8) is 0 Å². The quantitative estimate of drug-likeness (QED) is 0.618. The van der Waals surface area contributed by atoms with Crippen molar-refractivity contribution in [2.75, 3.05) is 7.11 Å². The summed E-state index contributed by atoms with van der Waals surface area (Å²) in [5.41, 5.74) is 0.166. The second kappa shape index (κ2) is 2.94. The SMILES string of the molecule is COc1[c]cc2oc(=O)ccc2c1. The van der Waals surface area contributed by atoms with Gasteiger partial charge in [-0.2, -0.15) is 0 Å². The number of hydrogen-bond donors (Lipinski definition) is 0. The lowest BCUT2D eigenvalue weighted by Crippen LogP contribution is -1.94. The van der Waals surface area contributed by atoms with Gasteiger partial charge < -0.3 is 9.15 Å². The molecule has 0 fully saturated rings. The zero-order valence-corrected chi connectivity index (χ0v) is 7.03. The third kappa shape index (κ3) is 1.40. The minimum absolute atomic E-state index is 0.355. The molecule has 1 aromatic heterocycles. The van der Waals surface area contributed by atoms with Crippen molar-refractivity contribution in [3.05, 3.63) is 40.8 Å². The molecule has 1 heterocycles. The van der Waals surface area contributed by atoms with Crippen molar-refractivity contribution in [1.29, 1.82) is 0 Å². The lowest BCUT2D eigenvalue weighted by Gasteiger charge is -1.99. The standard InChI is InChI=1S/C10H7O3/c1-12-8-3-4-9-7(6-8)2-5-10(11)13-9/h2,4-6H,1H3. The zero-order chi connectivity index (χ0) is 9.26. The van der Waals surface area contributed by atoms with E-state index in [1.54, 1.807) is 25.3 Å². The first kappa shape index (κ1) is 7.86. The maximum Gasteiger partial charge on any atom is 0.336 e. The fourth-order valence-electron chi connectivity index (χ4n) is 1.11. The molecule has 0 bridgehead atoms. The minimum Gasteiger partial charge on any atom is -0.496 e. The largest absolute Gasteiger partial charge is 0.496 e. The van der Waals surface area contributed by atoms with E-state index in [9.17, 15) is 4.79 Å². The molecule has 0 amide bonds. The molecule has 13 heavy (non-hydrogen) atoms. The molecule has 2 rings (SSSR count). The molecule has 0 aliphatic heterocycles. The van der Waals surface area contributed by atoms with Crippen LogP contribution in [0.3, 0.4) is 0 Å². The van der Waals surface area contributed by atoms with Crippen LogP contribution in [-0.4, -0.2) is 7.11 Å². The molecule has 0 N–H and O–H groups in total. The molecule has 2 aromatic rings. The molecule has 0 spiro atoms. The normalized spacial score (nSPS) is 10.2. The van der Waals surface area contributed by atoms with Crippen molar-refractivity contribution in [1.82, 2.24) is 0 Å². The van der Waals surface area contributed by atoms with E-state index in [2.05, 4.69) is 6.07 Å². The molecule has 3 heteroatoms. The number of fused-ring (bicyclic) bond motifs is 1. The maximum atomic E-state index is 10.8. The summed E-state index contributed by atoms with van der Waals surface area (Å²) in [7, 11) is 1.57. The molecule has 1 aromatic carbocycles. The predicted octanol–water partition coefficient (Wildman–Crippen LogP) is 1.60. The maximum absolute atomic E-state index is 10.8. The molecule has 3 nitrogen and oxygen atoms in total. The molecule has 0 saturated carbocycles. The summed E-state index contributed by atoms with van der Waals surface area (Å²) in [4.78, 5) is 10.8. The first-order valence-corrected chi connectivity index (χ1v) is 3.79. The predicted molar refractivity (Wildman–Crippen MR) is 47.9 cm³/mol. The highest BCUT2D eigenvalue weighted by Gasteiger charge is 1.98. The van der Waals surface area contributed by atoms with Gasteiger partial charge >= 0.3 is 5.63 Å². The van der Waals surface area contributed by atoms with Gasteiger partial charge in [0.05, 0.1) is 7.11 Å². The number of hydrogen-bond acceptors (Lipinski definition) is 3. The Morgan fingerprint density at radius 1 is 1.46 bits per heavy atom. The molecular formula is C10H7O3. The van der Waals surface area contributed by atoms with Crippen molar-refractivity contribution < 1.29 is 9.15 Å². The van der Waals surface area contributed by atoms with E-state index in [0.717, 1.165) is 5.39 Å². The topological polar surface area (TPSA) is 39.4 Å². The number of methoxy groups -OCH3 is 1. The Morgan fingerprint density at radius 3 is 3.08 bits per heavy atom. The average Bonchev–Trinajstić information content (AvgIpc) is 2.17. The van der Waals surface area contributed by atoms with Crippen LogP contribution in [0.4, 0.5) is 0 Å². The van der Waals surface area contributed by atoms with E-state index >= 15 is 0 Å². The van der Waals surface area contributed by atoms with Gasteiger partial charge in [-0.1, -0.05) is 0 Å². The Labute approximate surface area is 74.6 Å². The van der Waals surface area contributed by atoms with Gasteiger partial charge in [-0.3, -0.25) is 0 Å². The second-order valence-corrected chi connectivity index (χ2v) is 2.58. The number of benzene rings is 1. The van der Waals surface area contributed by atoms with Gasteiger partial charge in [0.25, 0.3) is 0 Å². The highest BCUT2D eigenvalue weighted by molar-refractivity contribution is 5.77. The van der Waals surface area contributed by atoms with Gasteiger partial charge in [0, 0.05) is 17.5 Å². The smallest absolute Gasteiger partial charge is 0.336 e. The summed E-state index contributed by atoms with van der Waals surface area (Å²) in [5, 5.41) is 0.829. The van der Waals surface area contributed by atoms with Gasteiger partial charge in [-0.25, -0.2) is 4.79 Å². The fraction of sp³-hybridized carbons (Fsp3) is 0.100. The summed E-state index contributed by atoms with van der Waals surface area (Å²) in [6, 6.07) is 9.26. The van der Waals surface area contributed by atoms with Crippen LogP contribution in [0, 0.1) is 6.07 Å². The van der Waals surface area contributed by atoms with E-state index < -0.39 is 0 Å². The Morgan fingerprint density at radius 2 is 2.31 bits per heavy atom. The van der Waals surface area contributed by atoms with Gasteiger partial charge in [0.1, 0.15) is 11.3 Å². The van der Waals surface area contributed by atoms with Gasteiger partial charge in [0.15, 0.2) is 0 Å². The molecule has 0 unspecified atom stereocenters. The van der Waals surface area contributed by atoms with E-state index in [1.807, 2.05) is 0 Å². The first-order chi connectivity index (χ1) is 6.29. The average molecular weight is 175 g/mol. The number of rotatable bonds is 1. The van der Waals surface area contributed by atoms with E-state index in [-0.39, 0.29) is 5.63 Å². The molecule has 65 valence electrons. The van der Waals surface area contributed by atoms with Crippen LogP contribution in [0.2, 0.25) is 0 Å². The fourth-order valence-corrected chi connectivity index (χ4v) is 1.11. The first-order valence-electron chi connectivity index (χ1n) is 3.79. The van der Waals surface area contributed by atoms with Crippen LogP contribution in [0.1, 0.15) is 0 Å². The summed E-state index contributed by atoms with van der Waals surface area (Å²) >= 11 is 0. The summed E-state index contributed by atoms with van der Waals surface area (Å²) in [5.74, 6) is 0.626. The minimum atomic E-state index is -0.355. The lowest BCUT2D eigenvalue weighted by molar-refractivity contribution is 0.414.